The molecular weight excluding hydrogens is 445 g/mol. The van der Waals surface area contributed by atoms with E-state index in [2.05, 4.69) is 27.1 Å². The van der Waals surface area contributed by atoms with Gasteiger partial charge in [-0.2, -0.15) is 0 Å². The van der Waals surface area contributed by atoms with Crippen LogP contribution in [0.1, 0.15) is 11.4 Å². The lowest BCUT2D eigenvalue weighted by molar-refractivity contribution is -0.113. The van der Waals surface area contributed by atoms with Crippen LogP contribution in [0.5, 0.6) is 5.75 Å². The van der Waals surface area contributed by atoms with E-state index in [0.717, 1.165) is 5.56 Å². The van der Waals surface area contributed by atoms with E-state index in [4.69, 9.17) is 27.9 Å². The highest BCUT2D eigenvalue weighted by Crippen LogP contribution is 2.23. The molecule has 0 saturated heterocycles. The van der Waals surface area contributed by atoms with Gasteiger partial charge in [-0.3, -0.25) is 9.36 Å². The summed E-state index contributed by atoms with van der Waals surface area (Å²) < 4.78 is 7.67. The largest absolute Gasteiger partial charge is 0.486 e. The number of allylic oxidation sites excluding steroid dienone is 1. The minimum atomic E-state index is -0.225. The second kappa shape index (κ2) is 10.5. The maximum absolute atomic E-state index is 12.3. The van der Waals surface area contributed by atoms with Crippen LogP contribution in [0.2, 0.25) is 10.2 Å². The third kappa shape index (κ3) is 5.75. The van der Waals surface area contributed by atoms with Crippen LogP contribution in [0, 0.1) is 6.92 Å². The molecule has 2 heterocycles. The highest BCUT2D eigenvalue weighted by molar-refractivity contribution is 7.99. The van der Waals surface area contributed by atoms with Crippen molar-refractivity contribution in [3.05, 3.63) is 70.7 Å². The van der Waals surface area contributed by atoms with Crippen molar-refractivity contribution in [1.82, 2.24) is 19.7 Å². The van der Waals surface area contributed by atoms with Gasteiger partial charge in [0.1, 0.15) is 12.4 Å². The van der Waals surface area contributed by atoms with Crippen LogP contribution in [0.3, 0.4) is 0 Å². The van der Waals surface area contributed by atoms with Crippen molar-refractivity contribution in [2.24, 2.45) is 0 Å². The molecule has 7 nitrogen and oxygen atoms in total. The molecule has 0 radical (unpaired) electrons. The Kier molecular flexibility index (Phi) is 7.73. The number of hydrogen-bond donors (Lipinski definition) is 1. The number of carbonyl (C=O) groups is 1. The van der Waals surface area contributed by atoms with Crippen LogP contribution in [0.25, 0.3) is 0 Å². The number of aryl methyl sites for hydroxylation is 1. The average molecular weight is 464 g/mol. The van der Waals surface area contributed by atoms with Crippen LogP contribution < -0.4 is 10.1 Å². The summed E-state index contributed by atoms with van der Waals surface area (Å²) >= 11 is 13.3. The SMILES string of the molecule is C=CCn1c(COc2ccc(Cl)c(C)c2)nnc1SCC(=O)Nc1cccnc1Cl. The fourth-order valence-corrected chi connectivity index (χ4v) is 3.55. The first kappa shape index (κ1) is 22.1. The Bertz CT molecular complexity index is 1060. The van der Waals surface area contributed by atoms with Crippen molar-refractivity contribution in [3.8, 4) is 5.75 Å². The fraction of sp³-hybridized carbons (Fsp3) is 0.200. The van der Waals surface area contributed by atoms with Gasteiger partial charge in [0.15, 0.2) is 16.1 Å². The van der Waals surface area contributed by atoms with Crippen molar-refractivity contribution in [3.63, 3.8) is 0 Å². The van der Waals surface area contributed by atoms with Crippen LogP contribution in [-0.4, -0.2) is 31.4 Å². The summed E-state index contributed by atoms with van der Waals surface area (Å²) in [5.41, 5.74) is 1.39. The Labute approximate surface area is 188 Å². The van der Waals surface area contributed by atoms with Gasteiger partial charge in [-0.05, 0) is 42.8 Å². The summed E-state index contributed by atoms with van der Waals surface area (Å²) in [6.45, 7) is 6.40. The van der Waals surface area contributed by atoms with Gasteiger partial charge < -0.3 is 10.1 Å². The first-order valence-corrected chi connectivity index (χ1v) is 10.7. The van der Waals surface area contributed by atoms with E-state index in [1.54, 1.807) is 36.5 Å². The van der Waals surface area contributed by atoms with E-state index < -0.39 is 0 Å². The summed E-state index contributed by atoms with van der Waals surface area (Å²) in [7, 11) is 0. The van der Waals surface area contributed by atoms with Gasteiger partial charge in [-0.1, -0.05) is 41.0 Å². The first-order valence-electron chi connectivity index (χ1n) is 8.93. The smallest absolute Gasteiger partial charge is 0.234 e. The molecule has 0 bridgehead atoms. The van der Waals surface area contributed by atoms with E-state index in [9.17, 15) is 4.79 Å². The molecule has 0 atom stereocenters. The van der Waals surface area contributed by atoms with Gasteiger partial charge in [-0.25, -0.2) is 4.98 Å². The Morgan fingerprint density at radius 3 is 2.90 bits per heavy atom. The summed E-state index contributed by atoms with van der Waals surface area (Å²) in [5.74, 6) is 1.22. The third-order valence-electron chi connectivity index (χ3n) is 3.97. The zero-order valence-corrected chi connectivity index (χ0v) is 18.5. The number of carbonyl (C=O) groups excluding carboxylic acids is 1. The molecule has 10 heteroatoms. The molecular formula is C20H19Cl2N5O2S. The maximum Gasteiger partial charge on any atom is 0.234 e. The van der Waals surface area contributed by atoms with Gasteiger partial charge in [0, 0.05) is 17.8 Å². The Balaban J connectivity index is 1.63. The van der Waals surface area contributed by atoms with Gasteiger partial charge in [0.05, 0.1) is 11.4 Å². The van der Waals surface area contributed by atoms with E-state index in [1.165, 1.54) is 11.8 Å². The molecule has 0 saturated carbocycles. The van der Waals surface area contributed by atoms with E-state index in [-0.39, 0.29) is 23.4 Å². The van der Waals surface area contributed by atoms with E-state index >= 15 is 0 Å². The van der Waals surface area contributed by atoms with Crippen molar-refractivity contribution >= 4 is 46.6 Å². The van der Waals surface area contributed by atoms with Crippen molar-refractivity contribution in [1.29, 1.82) is 0 Å². The van der Waals surface area contributed by atoms with Crippen LogP contribution in [0.15, 0.2) is 54.3 Å². The van der Waals surface area contributed by atoms with E-state index in [1.807, 2.05) is 17.6 Å². The predicted octanol–water partition coefficient (Wildman–Crippen LogP) is 4.78. The monoisotopic (exact) mass is 463 g/mol. The lowest BCUT2D eigenvalue weighted by Crippen LogP contribution is -2.15. The minimum absolute atomic E-state index is 0.137. The molecule has 3 aromatic rings. The molecule has 3 rings (SSSR count). The Morgan fingerprint density at radius 2 is 2.17 bits per heavy atom. The molecule has 0 spiro atoms. The van der Waals surface area contributed by atoms with Gasteiger partial charge in [0.2, 0.25) is 5.91 Å². The number of amides is 1. The van der Waals surface area contributed by atoms with Gasteiger partial charge >= 0.3 is 0 Å². The van der Waals surface area contributed by atoms with Crippen LogP contribution >= 0.6 is 35.0 Å². The van der Waals surface area contributed by atoms with Crippen LogP contribution in [0.4, 0.5) is 5.69 Å². The number of ether oxygens (including phenoxy) is 1. The third-order valence-corrected chi connectivity index (χ3v) is 5.66. The zero-order valence-electron chi connectivity index (χ0n) is 16.1. The quantitative estimate of drug-likeness (QED) is 0.279. The van der Waals surface area contributed by atoms with Crippen molar-refractivity contribution in [2.45, 2.75) is 25.2 Å². The Morgan fingerprint density at radius 1 is 1.33 bits per heavy atom. The second-order valence-corrected chi connectivity index (χ2v) is 7.88. The molecule has 1 aromatic carbocycles. The lowest BCUT2D eigenvalue weighted by Gasteiger charge is -2.10. The fourth-order valence-electron chi connectivity index (χ4n) is 2.50. The zero-order chi connectivity index (χ0) is 21.5. The highest BCUT2D eigenvalue weighted by Gasteiger charge is 2.15. The molecule has 2 aromatic heterocycles. The predicted molar refractivity (Wildman–Crippen MR) is 119 cm³/mol. The number of aromatic nitrogens is 4. The Hall–Kier alpha value is -2.55. The molecule has 1 N–H and O–H groups in total. The summed E-state index contributed by atoms with van der Waals surface area (Å²) in [4.78, 5) is 16.2. The maximum atomic E-state index is 12.3. The number of benzene rings is 1. The van der Waals surface area contributed by atoms with Gasteiger partial charge in [0.25, 0.3) is 0 Å². The minimum Gasteiger partial charge on any atom is -0.486 e. The molecule has 156 valence electrons. The first-order chi connectivity index (χ1) is 14.5. The standard InChI is InChI=1S/C20H19Cl2N5O2S/c1-3-9-27-17(11-29-14-6-7-15(21)13(2)10-14)25-26-20(27)30-12-18(28)24-16-5-4-8-23-19(16)22/h3-8,10H,1,9,11-12H2,2H3,(H,24,28). The number of nitrogens with zero attached hydrogens (tertiary/aromatic N) is 4. The number of nitrogens with one attached hydrogen (secondary N) is 1. The molecule has 0 aliphatic rings. The number of hydrogen-bond acceptors (Lipinski definition) is 6. The topological polar surface area (TPSA) is 81.9 Å². The number of rotatable bonds is 9. The highest BCUT2D eigenvalue weighted by atomic mass is 35.5. The number of anilines is 1. The molecule has 0 aliphatic heterocycles. The number of pyridine rings is 1. The molecule has 0 unspecified atom stereocenters. The summed E-state index contributed by atoms with van der Waals surface area (Å²) in [5, 5.41) is 12.6. The molecule has 30 heavy (non-hydrogen) atoms. The average Bonchev–Trinajstić information content (AvgIpc) is 3.11. The normalized spacial score (nSPS) is 10.6. The molecule has 1 amide bonds. The van der Waals surface area contributed by atoms with Crippen molar-refractivity contribution < 1.29 is 9.53 Å². The van der Waals surface area contributed by atoms with Crippen LogP contribution in [-0.2, 0) is 17.9 Å². The number of thioether (sulfide) groups is 1. The van der Waals surface area contributed by atoms with Gasteiger partial charge in [-0.15, -0.1) is 16.8 Å². The number of halogens is 2. The van der Waals surface area contributed by atoms with Crippen molar-refractivity contribution in [2.75, 3.05) is 11.1 Å². The van der Waals surface area contributed by atoms with E-state index in [0.29, 0.717) is 34.0 Å². The molecule has 0 aliphatic carbocycles. The molecule has 0 fully saturated rings. The summed E-state index contributed by atoms with van der Waals surface area (Å²) in [6.07, 6.45) is 3.29. The lowest BCUT2D eigenvalue weighted by atomic mass is 10.2. The summed E-state index contributed by atoms with van der Waals surface area (Å²) in [6, 6.07) is 8.83. The second-order valence-electron chi connectivity index (χ2n) is 6.18.